The van der Waals surface area contributed by atoms with Gasteiger partial charge in [0, 0.05) is 26.2 Å². The average molecular weight is 344 g/mol. The topological polar surface area (TPSA) is 32.8 Å². The van der Waals surface area contributed by atoms with Crippen LogP contribution in [0.15, 0.2) is 30.3 Å². The van der Waals surface area contributed by atoms with Crippen molar-refractivity contribution >= 4 is 5.91 Å². The number of nitrogens with zero attached hydrogens (tertiary/aromatic N) is 2. The van der Waals surface area contributed by atoms with Crippen LogP contribution in [-0.2, 0) is 16.1 Å². The zero-order valence-electron chi connectivity index (χ0n) is 15.5. The van der Waals surface area contributed by atoms with Crippen molar-refractivity contribution in [3.05, 3.63) is 35.9 Å². The first kappa shape index (κ1) is 18.4. The number of hydrogen-bond donors (Lipinski definition) is 0. The zero-order valence-corrected chi connectivity index (χ0v) is 15.5. The van der Waals surface area contributed by atoms with E-state index in [1.54, 1.807) is 0 Å². The standard InChI is InChI=1S/C21H32N2O2/c1-18(21(24)23-13-7-2-3-8-14-23)22-15-11-20(12-16-22)25-17-19-9-5-4-6-10-19/h4-6,9-10,18,20H,2-3,7-8,11-17H2,1H3/t18-/m0/s1. The maximum absolute atomic E-state index is 12.8. The van der Waals surface area contributed by atoms with Crippen molar-refractivity contribution < 1.29 is 9.53 Å². The first-order chi connectivity index (χ1) is 12.2. The first-order valence-corrected chi connectivity index (χ1v) is 9.92. The van der Waals surface area contributed by atoms with E-state index in [-0.39, 0.29) is 6.04 Å². The molecule has 0 N–H and O–H groups in total. The lowest BCUT2D eigenvalue weighted by atomic mass is 10.1. The van der Waals surface area contributed by atoms with E-state index in [4.69, 9.17) is 4.74 Å². The summed E-state index contributed by atoms with van der Waals surface area (Å²) in [6.07, 6.45) is 7.21. The lowest BCUT2D eigenvalue weighted by Crippen LogP contribution is -2.50. The number of piperidine rings is 1. The minimum absolute atomic E-state index is 0.00757. The SMILES string of the molecule is C[C@@H](C(=O)N1CCCCCC1)N1CCC(OCc2ccccc2)CC1. The van der Waals surface area contributed by atoms with Gasteiger partial charge in [0.05, 0.1) is 18.8 Å². The van der Waals surface area contributed by atoms with Crippen LogP contribution in [0.1, 0.15) is 51.0 Å². The van der Waals surface area contributed by atoms with E-state index in [0.717, 1.165) is 51.9 Å². The molecule has 25 heavy (non-hydrogen) atoms. The fourth-order valence-electron chi connectivity index (χ4n) is 3.93. The van der Waals surface area contributed by atoms with Gasteiger partial charge in [-0.05, 0) is 38.2 Å². The molecule has 1 atom stereocenters. The van der Waals surface area contributed by atoms with Crippen LogP contribution in [0.4, 0.5) is 0 Å². The van der Waals surface area contributed by atoms with E-state index in [1.807, 2.05) is 6.07 Å². The molecule has 4 nitrogen and oxygen atoms in total. The van der Waals surface area contributed by atoms with Gasteiger partial charge in [0.2, 0.25) is 5.91 Å². The van der Waals surface area contributed by atoms with Crippen LogP contribution in [0, 0.1) is 0 Å². The Morgan fingerprint density at radius 2 is 1.68 bits per heavy atom. The molecule has 0 saturated carbocycles. The molecule has 1 aromatic rings. The lowest BCUT2D eigenvalue weighted by Gasteiger charge is -2.37. The number of likely N-dealkylation sites (tertiary alicyclic amines) is 2. The van der Waals surface area contributed by atoms with Gasteiger partial charge in [-0.2, -0.15) is 0 Å². The highest BCUT2D eigenvalue weighted by Crippen LogP contribution is 2.19. The summed E-state index contributed by atoms with van der Waals surface area (Å²) in [5.41, 5.74) is 1.23. The van der Waals surface area contributed by atoms with Crippen molar-refractivity contribution in [3.63, 3.8) is 0 Å². The molecular formula is C21H32N2O2. The van der Waals surface area contributed by atoms with Crippen LogP contribution in [0.3, 0.4) is 0 Å². The van der Waals surface area contributed by atoms with Crippen LogP contribution in [0.25, 0.3) is 0 Å². The predicted octanol–water partition coefficient (Wildman–Crippen LogP) is 3.46. The minimum Gasteiger partial charge on any atom is -0.373 e. The molecule has 4 heteroatoms. The quantitative estimate of drug-likeness (QED) is 0.820. The van der Waals surface area contributed by atoms with Gasteiger partial charge in [-0.1, -0.05) is 43.2 Å². The fourth-order valence-corrected chi connectivity index (χ4v) is 3.93. The molecule has 0 aliphatic carbocycles. The molecule has 2 aliphatic rings. The summed E-state index contributed by atoms with van der Waals surface area (Å²) in [5, 5.41) is 0. The normalized spacial score (nSPS) is 21.7. The molecule has 1 aromatic carbocycles. The summed E-state index contributed by atoms with van der Waals surface area (Å²) < 4.78 is 6.07. The minimum atomic E-state index is 0.00757. The van der Waals surface area contributed by atoms with Crippen molar-refractivity contribution in [2.75, 3.05) is 26.2 Å². The smallest absolute Gasteiger partial charge is 0.239 e. The third-order valence-electron chi connectivity index (χ3n) is 5.63. The molecule has 138 valence electrons. The van der Waals surface area contributed by atoms with Gasteiger partial charge < -0.3 is 9.64 Å². The summed E-state index contributed by atoms with van der Waals surface area (Å²) in [4.78, 5) is 17.2. The molecule has 0 spiro atoms. The summed E-state index contributed by atoms with van der Waals surface area (Å²) in [6.45, 7) is 6.58. The monoisotopic (exact) mass is 344 g/mol. The summed E-state index contributed by atoms with van der Waals surface area (Å²) >= 11 is 0. The lowest BCUT2D eigenvalue weighted by molar-refractivity contribution is -0.137. The fraction of sp³-hybridized carbons (Fsp3) is 0.667. The maximum Gasteiger partial charge on any atom is 0.239 e. The first-order valence-electron chi connectivity index (χ1n) is 9.92. The van der Waals surface area contributed by atoms with Gasteiger partial charge in [-0.3, -0.25) is 9.69 Å². The second kappa shape index (κ2) is 9.35. The van der Waals surface area contributed by atoms with E-state index in [0.29, 0.717) is 18.6 Å². The summed E-state index contributed by atoms with van der Waals surface area (Å²) in [6, 6.07) is 10.4. The number of amides is 1. The van der Waals surface area contributed by atoms with Gasteiger partial charge in [0.25, 0.3) is 0 Å². The third-order valence-corrected chi connectivity index (χ3v) is 5.63. The maximum atomic E-state index is 12.8. The molecular weight excluding hydrogens is 312 g/mol. The predicted molar refractivity (Wildman–Crippen MR) is 100 cm³/mol. The largest absolute Gasteiger partial charge is 0.373 e. The molecule has 0 bridgehead atoms. The highest BCUT2D eigenvalue weighted by Gasteiger charge is 2.29. The van der Waals surface area contributed by atoms with Gasteiger partial charge >= 0.3 is 0 Å². The van der Waals surface area contributed by atoms with Crippen molar-refractivity contribution in [2.24, 2.45) is 0 Å². The van der Waals surface area contributed by atoms with E-state index >= 15 is 0 Å². The molecule has 0 unspecified atom stereocenters. The van der Waals surface area contributed by atoms with Gasteiger partial charge in [-0.25, -0.2) is 0 Å². The Morgan fingerprint density at radius 3 is 2.32 bits per heavy atom. The number of ether oxygens (including phenoxy) is 1. The van der Waals surface area contributed by atoms with E-state index < -0.39 is 0 Å². The summed E-state index contributed by atoms with van der Waals surface area (Å²) in [5.74, 6) is 0.325. The van der Waals surface area contributed by atoms with Gasteiger partial charge in [0.15, 0.2) is 0 Å². The van der Waals surface area contributed by atoms with Crippen molar-refractivity contribution in [1.29, 1.82) is 0 Å². The molecule has 2 heterocycles. The summed E-state index contributed by atoms with van der Waals surface area (Å²) in [7, 11) is 0. The van der Waals surface area contributed by atoms with E-state index in [1.165, 1.54) is 18.4 Å². The van der Waals surface area contributed by atoms with Crippen LogP contribution in [0.2, 0.25) is 0 Å². The van der Waals surface area contributed by atoms with E-state index in [9.17, 15) is 4.79 Å². The van der Waals surface area contributed by atoms with Crippen LogP contribution < -0.4 is 0 Å². The Kier molecular flexibility index (Phi) is 6.88. The van der Waals surface area contributed by atoms with Crippen LogP contribution >= 0.6 is 0 Å². The molecule has 2 saturated heterocycles. The molecule has 3 rings (SSSR count). The third kappa shape index (κ3) is 5.29. The molecule has 0 radical (unpaired) electrons. The van der Waals surface area contributed by atoms with Gasteiger partial charge in [-0.15, -0.1) is 0 Å². The van der Waals surface area contributed by atoms with Crippen LogP contribution in [0.5, 0.6) is 0 Å². The zero-order chi connectivity index (χ0) is 17.5. The Bertz CT molecular complexity index is 518. The van der Waals surface area contributed by atoms with Crippen molar-refractivity contribution in [1.82, 2.24) is 9.80 Å². The highest BCUT2D eigenvalue weighted by atomic mass is 16.5. The van der Waals surface area contributed by atoms with Crippen molar-refractivity contribution in [3.8, 4) is 0 Å². The Hall–Kier alpha value is -1.39. The Balaban J connectivity index is 1.42. The van der Waals surface area contributed by atoms with E-state index in [2.05, 4.69) is 41.0 Å². The second-order valence-electron chi connectivity index (χ2n) is 7.45. The number of hydrogen-bond acceptors (Lipinski definition) is 3. The highest BCUT2D eigenvalue weighted by molar-refractivity contribution is 5.81. The number of rotatable bonds is 5. The Morgan fingerprint density at radius 1 is 1.04 bits per heavy atom. The number of carbonyl (C=O) groups excluding carboxylic acids is 1. The number of carbonyl (C=O) groups is 1. The molecule has 0 aromatic heterocycles. The van der Waals surface area contributed by atoms with Crippen LogP contribution in [-0.4, -0.2) is 54.0 Å². The molecule has 2 fully saturated rings. The molecule has 1 amide bonds. The van der Waals surface area contributed by atoms with Crippen molar-refractivity contribution in [2.45, 2.75) is 64.2 Å². The Labute approximate surface area is 152 Å². The second-order valence-corrected chi connectivity index (χ2v) is 7.45. The van der Waals surface area contributed by atoms with Gasteiger partial charge in [0.1, 0.15) is 0 Å². The number of benzene rings is 1. The average Bonchev–Trinajstić information content (AvgIpc) is 2.96. The molecule has 2 aliphatic heterocycles.